The fourth-order valence-corrected chi connectivity index (χ4v) is 2.84. The van der Waals surface area contributed by atoms with Crippen molar-refractivity contribution in [3.63, 3.8) is 0 Å². The third kappa shape index (κ3) is 2.87. The molecule has 0 fully saturated rings. The minimum absolute atomic E-state index is 0.0176. The van der Waals surface area contributed by atoms with Gasteiger partial charge < -0.3 is 5.32 Å². The Kier molecular flexibility index (Phi) is 4.47. The molecule has 0 spiro atoms. The standard InChI is InChI=1S/C13H10Cl3F3N2/c1-3-20-10-5(2)12(13(17,18)19)21-11-7(15)4-6(14)9(16)8(10)11/h4H,3H2,1-2H3,(H,20,21). The highest BCUT2D eigenvalue weighted by atomic mass is 35.5. The molecule has 2 rings (SSSR count). The summed E-state index contributed by atoms with van der Waals surface area (Å²) in [6.45, 7) is 3.51. The van der Waals surface area contributed by atoms with Crippen LogP contribution in [0.15, 0.2) is 6.07 Å². The van der Waals surface area contributed by atoms with Gasteiger partial charge in [0.05, 0.1) is 26.3 Å². The number of alkyl halides is 3. The Morgan fingerprint density at radius 1 is 1.19 bits per heavy atom. The van der Waals surface area contributed by atoms with Gasteiger partial charge in [-0.1, -0.05) is 34.8 Å². The molecule has 21 heavy (non-hydrogen) atoms. The molecule has 0 bridgehead atoms. The third-order valence-electron chi connectivity index (χ3n) is 2.97. The van der Waals surface area contributed by atoms with Gasteiger partial charge in [0.1, 0.15) is 5.69 Å². The summed E-state index contributed by atoms with van der Waals surface area (Å²) in [5, 5.41) is 3.48. The zero-order chi connectivity index (χ0) is 15.9. The lowest BCUT2D eigenvalue weighted by atomic mass is 10.1. The van der Waals surface area contributed by atoms with Crippen LogP contribution < -0.4 is 5.32 Å². The van der Waals surface area contributed by atoms with Crippen LogP contribution in [0.4, 0.5) is 18.9 Å². The number of anilines is 1. The second kappa shape index (κ2) is 5.71. The zero-order valence-electron chi connectivity index (χ0n) is 11.0. The van der Waals surface area contributed by atoms with Gasteiger partial charge in [-0.05, 0) is 19.9 Å². The highest BCUT2D eigenvalue weighted by molar-refractivity contribution is 6.48. The van der Waals surface area contributed by atoms with E-state index in [1.165, 1.54) is 13.0 Å². The van der Waals surface area contributed by atoms with Crippen molar-refractivity contribution >= 4 is 51.4 Å². The largest absolute Gasteiger partial charge is 0.433 e. The predicted octanol–water partition coefficient (Wildman–Crippen LogP) is 5.95. The number of hydrogen-bond donors (Lipinski definition) is 1. The molecular formula is C13H10Cl3F3N2. The molecule has 0 unspecified atom stereocenters. The van der Waals surface area contributed by atoms with Crippen LogP contribution in [0.1, 0.15) is 18.2 Å². The molecule has 0 aliphatic carbocycles. The van der Waals surface area contributed by atoms with Crippen LogP contribution in [0.2, 0.25) is 15.1 Å². The average molecular weight is 358 g/mol. The van der Waals surface area contributed by atoms with Gasteiger partial charge >= 0.3 is 6.18 Å². The van der Waals surface area contributed by atoms with E-state index in [0.717, 1.165) is 0 Å². The summed E-state index contributed by atoms with van der Waals surface area (Å²) >= 11 is 18.1. The highest BCUT2D eigenvalue weighted by Crippen LogP contribution is 2.43. The van der Waals surface area contributed by atoms with Crippen molar-refractivity contribution in [2.24, 2.45) is 0 Å². The Morgan fingerprint density at radius 3 is 2.33 bits per heavy atom. The quantitative estimate of drug-likeness (QED) is 0.671. The lowest BCUT2D eigenvalue weighted by molar-refractivity contribution is -0.141. The van der Waals surface area contributed by atoms with E-state index in [4.69, 9.17) is 34.8 Å². The van der Waals surface area contributed by atoms with Crippen molar-refractivity contribution < 1.29 is 13.2 Å². The van der Waals surface area contributed by atoms with E-state index in [2.05, 4.69) is 10.3 Å². The molecule has 0 amide bonds. The molecule has 0 atom stereocenters. The molecule has 2 nitrogen and oxygen atoms in total. The van der Waals surface area contributed by atoms with Crippen molar-refractivity contribution in [2.75, 3.05) is 11.9 Å². The summed E-state index contributed by atoms with van der Waals surface area (Å²) in [6.07, 6.45) is -4.59. The van der Waals surface area contributed by atoms with E-state index in [1.807, 2.05) is 0 Å². The van der Waals surface area contributed by atoms with E-state index in [0.29, 0.717) is 11.9 Å². The summed E-state index contributed by atoms with van der Waals surface area (Å²) in [5.74, 6) is 0. The summed E-state index contributed by atoms with van der Waals surface area (Å²) in [6, 6.07) is 1.28. The number of rotatable bonds is 2. The molecule has 1 aromatic heterocycles. The minimum atomic E-state index is -4.59. The third-order valence-corrected chi connectivity index (χ3v) is 4.05. The van der Waals surface area contributed by atoms with E-state index in [9.17, 15) is 13.2 Å². The van der Waals surface area contributed by atoms with Gasteiger partial charge in [-0.3, -0.25) is 0 Å². The fraction of sp³-hybridized carbons (Fsp3) is 0.308. The summed E-state index contributed by atoms with van der Waals surface area (Å²) in [4.78, 5) is 3.65. The Balaban J connectivity index is 3.00. The van der Waals surface area contributed by atoms with Crippen molar-refractivity contribution in [3.8, 4) is 0 Å². The number of pyridine rings is 1. The number of nitrogens with one attached hydrogen (secondary N) is 1. The van der Waals surface area contributed by atoms with Crippen molar-refractivity contribution in [2.45, 2.75) is 20.0 Å². The molecule has 1 heterocycles. The first-order valence-electron chi connectivity index (χ1n) is 5.97. The van der Waals surface area contributed by atoms with Crippen LogP contribution in [0.25, 0.3) is 10.9 Å². The molecule has 1 N–H and O–H groups in total. The van der Waals surface area contributed by atoms with Gasteiger partial charge in [0.2, 0.25) is 0 Å². The first kappa shape index (κ1) is 16.5. The normalized spacial score (nSPS) is 12.0. The van der Waals surface area contributed by atoms with E-state index < -0.39 is 11.9 Å². The lowest BCUT2D eigenvalue weighted by Crippen LogP contribution is -2.14. The van der Waals surface area contributed by atoms with Crippen LogP contribution in [-0.2, 0) is 6.18 Å². The Morgan fingerprint density at radius 2 is 1.81 bits per heavy atom. The molecule has 8 heteroatoms. The predicted molar refractivity (Wildman–Crippen MR) is 80.7 cm³/mol. The van der Waals surface area contributed by atoms with E-state index in [-0.39, 0.29) is 31.8 Å². The Hall–Kier alpha value is -0.910. The van der Waals surface area contributed by atoms with Crippen LogP contribution in [0, 0.1) is 6.92 Å². The molecular weight excluding hydrogens is 348 g/mol. The lowest BCUT2D eigenvalue weighted by Gasteiger charge is -2.18. The highest BCUT2D eigenvalue weighted by Gasteiger charge is 2.36. The minimum Gasteiger partial charge on any atom is -0.384 e. The smallest absolute Gasteiger partial charge is 0.384 e. The molecule has 0 aliphatic heterocycles. The summed E-state index contributed by atoms with van der Waals surface area (Å²) < 4.78 is 39.3. The van der Waals surface area contributed by atoms with E-state index in [1.54, 1.807) is 6.92 Å². The van der Waals surface area contributed by atoms with Gasteiger partial charge in [-0.25, -0.2) is 4.98 Å². The maximum atomic E-state index is 13.1. The molecule has 114 valence electrons. The average Bonchev–Trinajstić information content (AvgIpc) is 2.37. The first-order chi connectivity index (χ1) is 9.68. The topological polar surface area (TPSA) is 24.9 Å². The molecule has 0 radical (unpaired) electrons. The Labute approximate surface area is 134 Å². The second-order valence-corrected chi connectivity index (χ2v) is 5.56. The van der Waals surface area contributed by atoms with Gasteiger partial charge in [-0.2, -0.15) is 13.2 Å². The van der Waals surface area contributed by atoms with Crippen molar-refractivity contribution in [3.05, 3.63) is 32.4 Å². The van der Waals surface area contributed by atoms with Crippen LogP contribution >= 0.6 is 34.8 Å². The van der Waals surface area contributed by atoms with Crippen LogP contribution in [-0.4, -0.2) is 11.5 Å². The fourth-order valence-electron chi connectivity index (χ4n) is 2.10. The van der Waals surface area contributed by atoms with Gasteiger partial charge in [0.15, 0.2) is 0 Å². The maximum Gasteiger partial charge on any atom is 0.433 e. The number of nitrogens with zero attached hydrogens (tertiary/aromatic N) is 1. The Bertz CT molecular complexity index is 714. The van der Waals surface area contributed by atoms with Crippen molar-refractivity contribution in [1.29, 1.82) is 0 Å². The monoisotopic (exact) mass is 356 g/mol. The number of benzene rings is 1. The number of halogens is 6. The van der Waals surface area contributed by atoms with Gasteiger partial charge in [0.25, 0.3) is 0 Å². The van der Waals surface area contributed by atoms with E-state index >= 15 is 0 Å². The summed E-state index contributed by atoms with van der Waals surface area (Å²) in [7, 11) is 0. The molecule has 0 saturated carbocycles. The summed E-state index contributed by atoms with van der Waals surface area (Å²) in [5.41, 5.74) is -0.826. The first-order valence-corrected chi connectivity index (χ1v) is 7.10. The molecule has 0 aliphatic rings. The second-order valence-electron chi connectivity index (χ2n) is 4.37. The van der Waals surface area contributed by atoms with Crippen LogP contribution in [0.5, 0.6) is 0 Å². The van der Waals surface area contributed by atoms with Crippen molar-refractivity contribution in [1.82, 2.24) is 4.98 Å². The van der Waals surface area contributed by atoms with Crippen LogP contribution in [0.3, 0.4) is 0 Å². The van der Waals surface area contributed by atoms with Gasteiger partial charge in [0, 0.05) is 17.5 Å². The van der Waals surface area contributed by atoms with Gasteiger partial charge in [-0.15, -0.1) is 0 Å². The molecule has 1 aromatic carbocycles. The SMILES string of the molecule is CCNc1c(C)c(C(F)(F)F)nc2c(Cl)cc(Cl)c(Cl)c12. The molecule has 2 aromatic rings. The maximum absolute atomic E-state index is 13.1. The number of aromatic nitrogens is 1. The number of fused-ring (bicyclic) bond motifs is 1. The zero-order valence-corrected chi connectivity index (χ0v) is 13.3. The molecule has 0 saturated heterocycles. The number of hydrogen-bond acceptors (Lipinski definition) is 2.